The van der Waals surface area contributed by atoms with Crippen molar-refractivity contribution in [2.75, 3.05) is 20.8 Å². The van der Waals surface area contributed by atoms with Crippen LogP contribution in [0.2, 0.25) is 0 Å². The number of hydrogen-bond donors (Lipinski definition) is 1. The van der Waals surface area contributed by atoms with Crippen LogP contribution in [0.1, 0.15) is 11.1 Å². The number of methoxy groups -OCH3 is 2. The Hall–Kier alpha value is -2.07. The number of ether oxygens (including phenoxy) is 2. The molecular formula is C16H20N2O2. The largest absolute Gasteiger partial charge is 0.493 e. The molecule has 1 aromatic heterocycles. The van der Waals surface area contributed by atoms with Crippen LogP contribution in [0.4, 0.5) is 0 Å². The molecule has 2 rings (SSSR count). The van der Waals surface area contributed by atoms with Crippen molar-refractivity contribution in [1.29, 1.82) is 0 Å². The Bertz CT molecular complexity index is 529. The van der Waals surface area contributed by atoms with E-state index in [1.165, 1.54) is 11.1 Å². The Morgan fingerprint density at radius 2 is 1.90 bits per heavy atom. The number of nitrogens with one attached hydrogen (secondary N) is 1. The zero-order valence-corrected chi connectivity index (χ0v) is 11.9. The smallest absolute Gasteiger partial charge is 0.160 e. The average Bonchev–Trinajstić information content (AvgIpc) is 2.52. The van der Waals surface area contributed by atoms with Gasteiger partial charge in [0, 0.05) is 18.9 Å². The monoisotopic (exact) mass is 272 g/mol. The van der Waals surface area contributed by atoms with Crippen LogP contribution < -0.4 is 14.8 Å². The van der Waals surface area contributed by atoms with E-state index < -0.39 is 0 Å². The summed E-state index contributed by atoms with van der Waals surface area (Å²) in [6.07, 6.45) is 4.61. The van der Waals surface area contributed by atoms with E-state index in [9.17, 15) is 0 Å². The molecule has 0 bridgehead atoms. The average molecular weight is 272 g/mol. The summed E-state index contributed by atoms with van der Waals surface area (Å²) in [6, 6.07) is 10.0. The minimum absolute atomic E-state index is 0.763. The summed E-state index contributed by atoms with van der Waals surface area (Å²) in [5.41, 5.74) is 2.42. The predicted octanol–water partition coefficient (Wildman–Crippen LogP) is 2.43. The number of aromatic nitrogens is 1. The Morgan fingerprint density at radius 1 is 1.05 bits per heavy atom. The van der Waals surface area contributed by atoms with Crippen LogP contribution in [0.3, 0.4) is 0 Å². The molecule has 0 aliphatic carbocycles. The highest BCUT2D eigenvalue weighted by molar-refractivity contribution is 5.42. The second kappa shape index (κ2) is 7.50. The van der Waals surface area contributed by atoms with Crippen LogP contribution in [0.15, 0.2) is 42.7 Å². The lowest BCUT2D eigenvalue weighted by Crippen LogP contribution is -2.16. The SMILES string of the molecule is COc1ccc(CCNCc2cccnc2)cc1OC. The molecule has 106 valence electrons. The highest BCUT2D eigenvalue weighted by atomic mass is 16.5. The van der Waals surface area contributed by atoms with Gasteiger partial charge in [-0.25, -0.2) is 0 Å². The number of nitrogens with zero attached hydrogens (tertiary/aromatic N) is 1. The quantitative estimate of drug-likeness (QED) is 0.786. The van der Waals surface area contributed by atoms with Gasteiger partial charge in [0.25, 0.3) is 0 Å². The van der Waals surface area contributed by atoms with Crippen molar-refractivity contribution < 1.29 is 9.47 Å². The van der Waals surface area contributed by atoms with Crippen LogP contribution in [0.25, 0.3) is 0 Å². The van der Waals surface area contributed by atoms with E-state index in [0.717, 1.165) is 31.0 Å². The lowest BCUT2D eigenvalue weighted by Gasteiger charge is -2.10. The fourth-order valence-electron chi connectivity index (χ4n) is 2.00. The fraction of sp³-hybridized carbons (Fsp3) is 0.312. The highest BCUT2D eigenvalue weighted by Gasteiger charge is 2.04. The molecule has 0 aliphatic heterocycles. The lowest BCUT2D eigenvalue weighted by molar-refractivity contribution is 0.354. The van der Waals surface area contributed by atoms with Crippen LogP contribution >= 0.6 is 0 Å². The third kappa shape index (κ3) is 3.96. The van der Waals surface area contributed by atoms with E-state index in [1.807, 2.05) is 24.4 Å². The van der Waals surface area contributed by atoms with E-state index >= 15 is 0 Å². The summed E-state index contributed by atoms with van der Waals surface area (Å²) in [5.74, 6) is 1.54. The standard InChI is InChI=1S/C16H20N2O2/c1-19-15-6-5-13(10-16(15)20-2)7-9-18-12-14-4-3-8-17-11-14/h3-6,8,10-11,18H,7,9,12H2,1-2H3. The first-order valence-electron chi connectivity index (χ1n) is 6.64. The molecular weight excluding hydrogens is 252 g/mol. The molecule has 0 amide bonds. The molecule has 1 aromatic carbocycles. The molecule has 0 aliphatic rings. The van der Waals surface area contributed by atoms with Gasteiger partial charge < -0.3 is 14.8 Å². The maximum absolute atomic E-state index is 5.30. The van der Waals surface area contributed by atoms with Crippen LogP contribution in [-0.2, 0) is 13.0 Å². The Kier molecular flexibility index (Phi) is 5.38. The minimum Gasteiger partial charge on any atom is -0.493 e. The van der Waals surface area contributed by atoms with Crippen molar-refractivity contribution in [3.8, 4) is 11.5 Å². The molecule has 0 unspecified atom stereocenters. The number of hydrogen-bond acceptors (Lipinski definition) is 4. The Morgan fingerprint density at radius 3 is 2.60 bits per heavy atom. The zero-order valence-electron chi connectivity index (χ0n) is 11.9. The molecule has 0 fully saturated rings. The van der Waals surface area contributed by atoms with Crippen LogP contribution in [0, 0.1) is 0 Å². The van der Waals surface area contributed by atoms with Crippen molar-refractivity contribution >= 4 is 0 Å². The van der Waals surface area contributed by atoms with E-state index in [4.69, 9.17) is 9.47 Å². The number of rotatable bonds is 7. The first-order valence-corrected chi connectivity index (χ1v) is 6.64. The molecule has 0 radical (unpaired) electrons. The summed E-state index contributed by atoms with van der Waals surface area (Å²) < 4.78 is 10.5. The van der Waals surface area contributed by atoms with Crippen molar-refractivity contribution in [3.05, 3.63) is 53.9 Å². The second-order valence-electron chi connectivity index (χ2n) is 4.48. The minimum atomic E-state index is 0.763. The molecule has 0 saturated carbocycles. The predicted molar refractivity (Wildman–Crippen MR) is 79.2 cm³/mol. The van der Waals surface area contributed by atoms with Crippen molar-refractivity contribution in [1.82, 2.24) is 10.3 Å². The van der Waals surface area contributed by atoms with Gasteiger partial charge in [-0.05, 0) is 42.3 Å². The van der Waals surface area contributed by atoms with Crippen LogP contribution in [0.5, 0.6) is 11.5 Å². The summed E-state index contributed by atoms with van der Waals surface area (Å²) in [7, 11) is 3.30. The van der Waals surface area contributed by atoms with Crippen LogP contribution in [-0.4, -0.2) is 25.7 Å². The Balaban J connectivity index is 1.82. The van der Waals surface area contributed by atoms with E-state index in [-0.39, 0.29) is 0 Å². The number of pyridine rings is 1. The topological polar surface area (TPSA) is 43.4 Å². The molecule has 0 atom stereocenters. The van der Waals surface area contributed by atoms with Gasteiger partial charge in [0.2, 0.25) is 0 Å². The van der Waals surface area contributed by atoms with Gasteiger partial charge in [0.15, 0.2) is 11.5 Å². The van der Waals surface area contributed by atoms with E-state index in [0.29, 0.717) is 0 Å². The van der Waals surface area contributed by atoms with Gasteiger partial charge in [-0.3, -0.25) is 4.98 Å². The third-order valence-electron chi connectivity index (χ3n) is 3.09. The lowest BCUT2D eigenvalue weighted by atomic mass is 10.1. The molecule has 0 spiro atoms. The van der Waals surface area contributed by atoms with Crippen molar-refractivity contribution in [2.45, 2.75) is 13.0 Å². The van der Waals surface area contributed by atoms with E-state index in [1.54, 1.807) is 20.4 Å². The molecule has 4 heteroatoms. The van der Waals surface area contributed by atoms with Gasteiger partial charge in [0.1, 0.15) is 0 Å². The third-order valence-corrected chi connectivity index (χ3v) is 3.09. The molecule has 0 saturated heterocycles. The summed E-state index contributed by atoms with van der Waals surface area (Å²) in [5, 5.41) is 3.40. The summed E-state index contributed by atoms with van der Waals surface area (Å²) in [4.78, 5) is 4.09. The molecule has 2 aromatic rings. The molecule has 4 nitrogen and oxygen atoms in total. The number of benzene rings is 1. The fourth-order valence-corrected chi connectivity index (χ4v) is 2.00. The maximum atomic E-state index is 5.30. The second-order valence-corrected chi connectivity index (χ2v) is 4.48. The molecule has 1 heterocycles. The normalized spacial score (nSPS) is 10.3. The first kappa shape index (κ1) is 14.3. The van der Waals surface area contributed by atoms with Gasteiger partial charge in [-0.2, -0.15) is 0 Å². The van der Waals surface area contributed by atoms with Crippen molar-refractivity contribution in [3.63, 3.8) is 0 Å². The van der Waals surface area contributed by atoms with Gasteiger partial charge >= 0.3 is 0 Å². The first-order chi connectivity index (χ1) is 9.83. The summed E-state index contributed by atoms with van der Waals surface area (Å²) in [6.45, 7) is 1.74. The summed E-state index contributed by atoms with van der Waals surface area (Å²) >= 11 is 0. The highest BCUT2D eigenvalue weighted by Crippen LogP contribution is 2.27. The van der Waals surface area contributed by atoms with Gasteiger partial charge in [-0.1, -0.05) is 12.1 Å². The van der Waals surface area contributed by atoms with Gasteiger partial charge in [0.05, 0.1) is 14.2 Å². The molecule has 20 heavy (non-hydrogen) atoms. The Labute approximate surface area is 119 Å². The zero-order chi connectivity index (χ0) is 14.2. The molecule has 1 N–H and O–H groups in total. The van der Waals surface area contributed by atoms with Crippen molar-refractivity contribution in [2.24, 2.45) is 0 Å². The van der Waals surface area contributed by atoms with Gasteiger partial charge in [-0.15, -0.1) is 0 Å². The van der Waals surface area contributed by atoms with E-state index in [2.05, 4.69) is 22.4 Å². The maximum Gasteiger partial charge on any atom is 0.160 e.